The van der Waals surface area contributed by atoms with Crippen LogP contribution in [-0.4, -0.2) is 29.0 Å². The molecule has 5 rings (SSSR count). The van der Waals surface area contributed by atoms with Crippen LogP contribution in [0.1, 0.15) is 28.4 Å². The van der Waals surface area contributed by atoms with Gasteiger partial charge in [-0.15, -0.1) is 0 Å². The third kappa shape index (κ3) is 3.57. The Hall–Kier alpha value is -3.53. The van der Waals surface area contributed by atoms with E-state index in [1.807, 2.05) is 41.3 Å². The summed E-state index contributed by atoms with van der Waals surface area (Å²) in [5.74, 6) is 0. The second-order valence-electron chi connectivity index (χ2n) is 7.82. The van der Waals surface area contributed by atoms with Crippen LogP contribution in [0.2, 0.25) is 0 Å². The highest BCUT2D eigenvalue weighted by molar-refractivity contribution is 5.85. The van der Waals surface area contributed by atoms with Crippen molar-refractivity contribution in [3.05, 3.63) is 107 Å². The largest absolute Gasteiger partial charge is 0.358 e. The molecular formula is C26H25N3O. The predicted molar refractivity (Wildman–Crippen MR) is 121 cm³/mol. The molecule has 1 aromatic heterocycles. The first kappa shape index (κ1) is 18.5. The van der Waals surface area contributed by atoms with Crippen LogP contribution in [0.3, 0.4) is 0 Å². The summed E-state index contributed by atoms with van der Waals surface area (Å²) in [5.41, 5.74) is 5.97. The number of urea groups is 1. The van der Waals surface area contributed by atoms with Crippen molar-refractivity contribution >= 4 is 16.9 Å². The van der Waals surface area contributed by atoms with Gasteiger partial charge in [-0.2, -0.15) is 0 Å². The summed E-state index contributed by atoms with van der Waals surface area (Å²) < 4.78 is 0. The standard InChI is InChI=1S/C26H25N3O/c30-26(28-25(19-9-3-1-4-10-19)20-11-5-2-6-12-20)29-17-15-22-21-13-7-8-14-23(21)27-24(22)16-18-29/h1-14,25,27H,15-18H2,(H,28,30). The van der Waals surface area contributed by atoms with Gasteiger partial charge in [-0.05, 0) is 29.2 Å². The Morgan fingerprint density at radius 1 is 0.800 bits per heavy atom. The topological polar surface area (TPSA) is 48.1 Å². The Morgan fingerprint density at radius 3 is 2.10 bits per heavy atom. The van der Waals surface area contributed by atoms with E-state index in [1.54, 1.807) is 0 Å². The number of aromatic amines is 1. The number of fused-ring (bicyclic) bond motifs is 3. The van der Waals surface area contributed by atoms with Crippen LogP contribution in [0.4, 0.5) is 4.79 Å². The van der Waals surface area contributed by atoms with Crippen LogP contribution in [0.25, 0.3) is 10.9 Å². The zero-order valence-electron chi connectivity index (χ0n) is 16.8. The smallest absolute Gasteiger partial charge is 0.318 e. The van der Waals surface area contributed by atoms with Gasteiger partial charge in [0.15, 0.2) is 0 Å². The Labute approximate surface area is 176 Å². The van der Waals surface area contributed by atoms with Gasteiger partial charge in [0.05, 0.1) is 6.04 Å². The minimum Gasteiger partial charge on any atom is -0.358 e. The summed E-state index contributed by atoms with van der Waals surface area (Å²) >= 11 is 0. The second-order valence-corrected chi connectivity index (χ2v) is 7.82. The fourth-order valence-electron chi connectivity index (χ4n) is 4.43. The molecule has 4 nitrogen and oxygen atoms in total. The summed E-state index contributed by atoms with van der Waals surface area (Å²) in [4.78, 5) is 18.7. The van der Waals surface area contributed by atoms with E-state index < -0.39 is 0 Å². The van der Waals surface area contributed by atoms with Gasteiger partial charge in [0.2, 0.25) is 0 Å². The summed E-state index contributed by atoms with van der Waals surface area (Å²) in [5, 5.41) is 4.56. The molecule has 0 spiro atoms. The van der Waals surface area contributed by atoms with Crippen molar-refractivity contribution in [1.82, 2.24) is 15.2 Å². The lowest BCUT2D eigenvalue weighted by atomic mass is 9.99. The van der Waals surface area contributed by atoms with E-state index in [2.05, 4.69) is 58.8 Å². The Morgan fingerprint density at radius 2 is 1.40 bits per heavy atom. The number of benzene rings is 3. The quantitative estimate of drug-likeness (QED) is 0.500. The zero-order valence-corrected chi connectivity index (χ0v) is 16.8. The van der Waals surface area contributed by atoms with E-state index in [0.29, 0.717) is 6.54 Å². The fourth-order valence-corrected chi connectivity index (χ4v) is 4.43. The van der Waals surface area contributed by atoms with Gasteiger partial charge in [0, 0.05) is 36.1 Å². The lowest BCUT2D eigenvalue weighted by Gasteiger charge is -2.26. The number of hydrogen-bond donors (Lipinski definition) is 2. The molecule has 2 heterocycles. The van der Waals surface area contributed by atoms with Crippen LogP contribution in [0, 0.1) is 0 Å². The van der Waals surface area contributed by atoms with Gasteiger partial charge in [0.25, 0.3) is 0 Å². The highest BCUT2D eigenvalue weighted by Gasteiger charge is 2.24. The molecular weight excluding hydrogens is 370 g/mol. The molecule has 0 atom stereocenters. The minimum atomic E-state index is -0.165. The molecule has 0 fully saturated rings. The lowest BCUT2D eigenvalue weighted by molar-refractivity contribution is 0.197. The molecule has 0 radical (unpaired) electrons. The minimum absolute atomic E-state index is 0.0119. The Balaban J connectivity index is 1.36. The maximum atomic E-state index is 13.2. The molecule has 1 aliphatic rings. The number of para-hydroxylation sites is 1. The van der Waals surface area contributed by atoms with E-state index in [0.717, 1.165) is 30.5 Å². The average molecular weight is 396 g/mol. The molecule has 0 saturated heterocycles. The van der Waals surface area contributed by atoms with Crippen molar-refractivity contribution in [1.29, 1.82) is 0 Å². The number of nitrogens with one attached hydrogen (secondary N) is 2. The second kappa shape index (κ2) is 8.07. The predicted octanol–water partition coefficient (Wildman–Crippen LogP) is 5.07. The lowest BCUT2D eigenvalue weighted by Crippen LogP contribution is -2.43. The normalized spacial score (nSPS) is 13.8. The molecule has 3 aromatic carbocycles. The monoisotopic (exact) mass is 395 g/mol. The van der Waals surface area contributed by atoms with Gasteiger partial charge >= 0.3 is 6.03 Å². The van der Waals surface area contributed by atoms with E-state index in [9.17, 15) is 4.79 Å². The van der Waals surface area contributed by atoms with Gasteiger partial charge in [-0.3, -0.25) is 0 Å². The number of amides is 2. The molecule has 0 aliphatic carbocycles. The highest BCUT2D eigenvalue weighted by Crippen LogP contribution is 2.26. The van der Waals surface area contributed by atoms with Crippen molar-refractivity contribution in [3.8, 4) is 0 Å². The molecule has 30 heavy (non-hydrogen) atoms. The van der Waals surface area contributed by atoms with Crippen LogP contribution < -0.4 is 5.32 Å². The SMILES string of the molecule is O=C(NC(c1ccccc1)c1ccccc1)N1CCc2[nH]c3ccccc3c2CC1. The first-order valence-electron chi connectivity index (χ1n) is 10.5. The number of aromatic nitrogens is 1. The first-order chi connectivity index (χ1) is 14.8. The molecule has 150 valence electrons. The number of carbonyl (C=O) groups is 1. The van der Waals surface area contributed by atoms with Crippen molar-refractivity contribution in [2.75, 3.05) is 13.1 Å². The molecule has 4 heteroatoms. The van der Waals surface area contributed by atoms with Gasteiger partial charge in [0.1, 0.15) is 0 Å². The van der Waals surface area contributed by atoms with Crippen LogP contribution in [0.15, 0.2) is 84.9 Å². The van der Waals surface area contributed by atoms with Crippen molar-refractivity contribution < 1.29 is 4.79 Å². The van der Waals surface area contributed by atoms with E-state index in [-0.39, 0.29) is 12.1 Å². The third-order valence-electron chi connectivity index (χ3n) is 5.99. The van der Waals surface area contributed by atoms with Gasteiger partial charge < -0.3 is 15.2 Å². The van der Waals surface area contributed by atoms with Crippen molar-refractivity contribution in [2.45, 2.75) is 18.9 Å². The highest BCUT2D eigenvalue weighted by atomic mass is 16.2. The van der Waals surface area contributed by atoms with Gasteiger partial charge in [-0.25, -0.2) is 4.79 Å². The number of hydrogen-bond acceptors (Lipinski definition) is 1. The molecule has 0 bridgehead atoms. The summed E-state index contributed by atoms with van der Waals surface area (Å²) in [7, 11) is 0. The molecule has 0 saturated carbocycles. The van der Waals surface area contributed by atoms with Crippen LogP contribution in [-0.2, 0) is 12.8 Å². The molecule has 0 unspecified atom stereocenters. The maximum absolute atomic E-state index is 13.2. The van der Waals surface area contributed by atoms with Crippen molar-refractivity contribution in [2.24, 2.45) is 0 Å². The number of nitrogens with zero attached hydrogens (tertiary/aromatic N) is 1. The van der Waals surface area contributed by atoms with Crippen LogP contribution in [0.5, 0.6) is 0 Å². The first-order valence-corrected chi connectivity index (χ1v) is 10.5. The summed E-state index contributed by atoms with van der Waals surface area (Å²) in [6.45, 7) is 1.43. The van der Waals surface area contributed by atoms with E-state index in [1.165, 1.54) is 22.2 Å². The van der Waals surface area contributed by atoms with E-state index >= 15 is 0 Å². The molecule has 2 N–H and O–H groups in total. The van der Waals surface area contributed by atoms with E-state index in [4.69, 9.17) is 0 Å². The third-order valence-corrected chi connectivity index (χ3v) is 5.99. The number of carbonyl (C=O) groups excluding carboxylic acids is 1. The Kier molecular flexibility index (Phi) is 4.98. The fraction of sp³-hybridized carbons (Fsp3) is 0.192. The number of rotatable bonds is 3. The zero-order chi connectivity index (χ0) is 20.3. The summed E-state index contributed by atoms with van der Waals surface area (Å²) in [6.07, 6.45) is 1.72. The average Bonchev–Trinajstić information content (AvgIpc) is 3.02. The molecule has 1 aliphatic heterocycles. The maximum Gasteiger partial charge on any atom is 0.318 e. The Bertz CT molecular complexity index is 1110. The van der Waals surface area contributed by atoms with Crippen molar-refractivity contribution in [3.63, 3.8) is 0 Å². The number of H-pyrrole nitrogens is 1. The van der Waals surface area contributed by atoms with Gasteiger partial charge in [-0.1, -0.05) is 78.9 Å². The molecule has 2 amide bonds. The summed E-state index contributed by atoms with van der Waals surface area (Å²) in [6, 6.07) is 28.6. The van der Waals surface area contributed by atoms with Crippen LogP contribution >= 0.6 is 0 Å². The molecule has 4 aromatic rings.